The summed E-state index contributed by atoms with van der Waals surface area (Å²) in [5.74, 6) is 0. The van der Waals surface area contributed by atoms with Gasteiger partial charge >= 0.3 is 0 Å². The van der Waals surface area contributed by atoms with Gasteiger partial charge in [-0.3, -0.25) is 0 Å². The molecule has 0 radical (unpaired) electrons. The Hall–Kier alpha value is -0.780. The summed E-state index contributed by atoms with van der Waals surface area (Å²) >= 11 is 6.06. The van der Waals surface area contributed by atoms with E-state index in [-0.39, 0.29) is 6.42 Å². The number of benzene rings is 1. The molecule has 0 fully saturated rings. The Labute approximate surface area is 106 Å². The van der Waals surface area contributed by atoms with Crippen molar-refractivity contribution in [3.8, 4) is 0 Å². The first-order valence-corrected chi connectivity index (χ1v) is 7.41. The Morgan fingerprint density at radius 1 is 1.53 bits per heavy atom. The minimum atomic E-state index is -3.60. The zero-order chi connectivity index (χ0) is 13.3. The first-order valence-electron chi connectivity index (χ1n) is 5.14. The summed E-state index contributed by atoms with van der Waals surface area (Å²) in [6.07, 6.45) is -0.199. The molecule has 1 rings (SSSR count). The third-order valence-corrected chi connectivity index (χ3v) is 5.79. The van der Waals surface area contributed by atoms with Crippen LogP contribution in [-0.2, 0) is 9.84 Å². The molecule has 0 spiro atoms. The highest BCUT2D eigenvalue weighted by Crippen LogP contribution is 2.39. The third-order valence-electron chi connectivity index (χ3n) is 2.73. The van der Waals surface area contributed by atoms with Gasteiger partial charge in [-0.1, -0.05) is 30.7 Å². The maximum Gasteiger partial charge on any atom is 0.174 e. The molecule has 0 unspecified atom stereocenters. The topological polar surface area (TPSA) is 80.4 Å². The van der Waals surface area contributed by atoms with Gasteiger partial charge in [-0.15, -0.1) is 0 Å². The van der Waals surface area contributed by atoms with Crippen LogP contribution in [0.5, 0.6) is 0 Å². The molecule has 0 heterocycles. The Morgan fingerprint density at radius 3 is 2.53 bits per heavy atom. The number of aliphatic hydroxyl groups is 1. The van der Waals surface area contributed by atoms with Crippen LogP contribution in [0.25, 0.3) is 0 Å². The largest absolute Gasteiger partial charge is 0.399 e. The molecule has 0 aliphatic carbocycles. The van der Waals surface area contributed by atoms with E-state index in [1.54, 1.807) is 25.1 Å². The molecule has 0 bridgehead atoms. The highest BCUT2D eigenvalue weighted by molar-refractivity contribution is 7.93. The van der Waals surface area contributed by atoms with Crippen LogP contribution in [0.3, 0.4) is 0 Å². The van der Waals surface area contributed by atoms with Gasteiger partial charge in [-0.2, -0.15) is 0 Å². The number of hydrogen-bond donors (Lipinski definition) is 2. The van der Waals surface area contributed by atoms with Crippen LogP contribution in [-0.4, -0.2) is 24.0 Å². The van der Waals surface area contributed by atoms with Crippen molar-refractivity contribution in [2.45, 2.75) is 23.7 Å². The lowest BCUT2D eigenvalue weighted by atomic mass is 10.0. The fourth-order valence-electron chi connectivity index (χ4n) is 1.64. The van der Waals surface area contributed by atoms with Crippen LogP contribution < -0.4 is 5.73 Å². The number of aliphatic hydroxyl groups excluding tert-OH is 1. The second kappa shape index (κ2) is 4.84. The molecular weight excluding hydrogens is 262 g/mol. The summed E-state index contributed by atoms with van der Waals surface area (Å²) in [4.78, 5) is 0. The smallest absolute Gasteiger partial charge is 0.174 e. The lowest BCUT2D eigenvalue weighted by Crippen LogP contribution is -2.37. The molecule has 96 valence electrons. The predicted molar refractivity (Wildman–Crippen MR) is 69.5 cm³/mol. The Morgan fingerprint density at radius 2 is 2.12 bits per heavy atom. The van der Waals surface area contributed by atoms with E-state index in [9.17, 15) is 13.5 Å². The van der Waals surface area contributed by atoms with Gasteiger partial charge in [0.25, 0.3) is 0 Å². The van der Waals surface area contributed by atoms with Crippen LogP contribution in [0.15, 0.2) is 24.3 Å². The highest BCUT2D eigenvalue weighted by atomic mass is 35.5. The van der Waals surface area contributed by atoms with Crippen molar-refractivity contribution >= 4 is 27.1 Å². The quantitative estimate of drug-likeness (QED) is 0.648. The van der Waals surface area contributed by atoms with Crippen molar-refractivity contribution in [1.29, 1.82) is 0 Å². The molecule has 1 aromatic rings. The van der Waals surface area contributed by atoms with Crippen LogP contribution >= 0.6 is 11.6 Å². The molecule has 0 aliphatic heterocycles. The number of halogens is 1. The molecule has 0 aliphatic rings. The molecule has 0 amide bonds. The summed E-state index contributed by atoms with van der Waals surface area (Å²) < 4.78 is 21.6. The molecule has 0 aromatic heterocycles. The first-order chi connectivity index (χ1) is 7.72. The van der Waals surface area contributed by atoms with Gasteiger partial charge in [0.2, 0.25) is 0 Å². The van der Waals surface area contributed by atoms with Crippen molar-refractivity contribution in [3.63, 3.8) is 0 Å². The molecule has 17 heavy (non-hydrogen) atoms. The number of alkyl halides is 1. The molecule has 4 nitrogen and oxygen atoms in total. The number of nitrogens with two attached hydrogens (primary N) is 1. The summed E-state index contributed by atoms with van der Waals surface area (Å²) in [5, 5.41) is 10.1. The molecule has 3 N–H and O–H groups in total. The zero-order valence-electron chi connectivity index (χ0n) is 9.72. The maximum absolute atomic E-state index is 11.7. The van der Waals surface area contributed by atoms with Crippen molar-refractivity contribution in [2.24, 2.45) is 0 Å². The maximum atomic E-state index is 11.7. The average molecular weight is 278 g/mol. The van der Waals surface area contributed by atoms with Gasteiger partial charge in [0.1, 0.15) is 6.10 Å². The monoisotopic (exact) mass is 277 g/mol. The zero-order valence-corrected chi connectivity index (χ0v) is 11.3. The predicted octanol–water partition coefficient (Wildman–Crippen LogP) is 1.69. The SMILES string of the molecule is CC[C@](Cl)([C@@H](O)c1cccc(N)c1)S(C)(=O)=O. The Bertz CT molecular complexity index is 503. The Balaban J connectivity index is 3.24. The van der Waals surface area contributed by atoms with E-state index >= 15 is 0 Å². The minimum absolute atomic E-state index is 0.101. The molecule has 6 heteroatoms. The van der Waals surface area contributed by atoms with E-state index in [0.717, 1.165) is 6.26 Å². The van der Waals surface area contributed by atoms with Crippen LogP contribution in [0, 0.1) is 0 Å². The van der Waals surface area contributed by atoms with Gasteiger partial charge in [0.15, 0.2) is 14.0 Å². The van der Waals surface area contributed by atoms with Crippen molar-refractivity contribution in [3.05, 3.63) is 29.8 Å². The second-order valence-corrected chi connectivity index (χ2v) is 7.16. The number of anilines is 1. The van der Waals surface area contributed by atoms with Gasteiger partial charge in [-0.25, -0.2) is 8.42 Å². The standard InChI is InChI=1S/C11H16ClNO3S/c1-3-11(12,17(2,15)16)10(14)8-5-4-6-9(13)7-8/h4-7,10,14H,3,13H2,1-2H3/t10-,11+/m0/s1. The van der Waals surface area contributed by atoms with E-state index in [2.05, 4.69) is 0 Å². The Kier molecular flexibility index (Phi) is 4.06. The molecule has 0 saturated heterocycles. The lowest BCUT2D eigenvalue weighted by molar-refractivity contribution is 0.155. The van der Waals surface area contributed by atoms with E-state index < -0.39 is 20.1 Å². The fourth-order valence-corrected chi connectivity index (χ4v) is 2.83. The van der Waals surface area contributed by atoms with Gasteiger partial charge in [0.05, 0.1) is 0 Å². The lowest BCUT2D eigenvalue weighted by Gasteiger charge is -2.29. The first kappa shape index (κ1) is 14.3. The van der Waals surface area contributed by atoms with E-state index in [4.69, 9.17) is 17.3 Å². The van der Waals surface area contributed by atoms with Crippen LogP contribution in [0.4, 0.5) is 5.69 Å². The number of sulfone groups is 1. The number of hydrogen-bond acceptors (Lipinski definition) is 4. The van der Waals surface area contributed by atoms with Crippen LogP contribution in [0.1, 0.15) is 25.0 Å². The minimum Gasteiger partial charge on any atom is -0.399 e. The summed E-state index contributed by atoms with van der Waals surface area (Å²) in [5.41, 5.74) is 6.43. The van der Waals surface area contributed by atoms with Crippen molar-refractivity contribution < 1.29 is 13.5 Å². The number of rotatable bonds is 4. The summed E-state index contributed by atoms with van der Waals surface area (Å²) in [6.45, 7) is 1.61. The highest BCUT2D eigenvalue weighted by Gasteiger charge is 2.44. The van der Waals surface area contributed by atoms with Crippen molar-refractivity contribution in [2.75, 3.05) is 12.0 Å². The summed E-state index contributed by atoms with van der Waals surface area (Å²) in [6, 6.07) is 6.41. The van der Waals surface area contributed by atoms with Gasteiger partial charge < -0.3 is 10.8 Å². The third kappa shape index (κ3) is 2.73. The van der Waals surface area contributed by atoms with Crippen molar-refractivity contribution in [1.82, 2.24) is 0 Å². The number of nitrogen functional groups attached to an aromatic ring is 1. The van der Waals surface area contributed by atoms with Gasteiger partial charge in [-0.05, 0) is 24.1 Å². The molecule has 1 aromatic carbocycles. The second-order valence-electron chi connectivity index (χ2n) is 3.98. The van der Waals surface area contributed by atoms with E-state index in [0.29, 0.717) is 11.3 Å². The summed E-state index contributed by atoms with van der Waals surface area (Å²) in [7, 11) is -3.60. The van der Waals surface area contributed by atoms with Crippen LogP contribution in [0.2, 0.25) is 0 Å². The molecule has 0 saturated carbocycles. The van der Waals surface area contributed by atoms with Gasteiger partial charge in [0, 0.05) is 11.9 Å². The average Bonchev–Trinajstić information content (AvgIpc) is 2.25. The molecular formula is C11H16ClNO3S. The van der Waals surface area contributed by atoms with E-state index in [1.165, 1.54) is 6.07 Å². The fraction of sp³-hybridized carbons (Fsp3) is 0.455. The molecule has 2 atom stereocenters. The van der Waals surface area contributed by atoms with E-state index in [1.807, 2.05) is 0 Å². The normalized spacial score (nSPS) is 17.4.